The van der Waals surface area contributed by atoms with E-state index in [-0.39, 0.29) is 50.3 Å². The van der Waals surface area contributed by atoms with E-state index < -0.39 is 121 Å². The molecule has 0 aromatic carbocycles. The highest BCUT2D eigenvalue weighted by atomic mass is 16.6. The van der Waals surface area contributed by atoms with Gasteiger partial charge in [0.25, 0.3) is 0 Å². The molecule has 0 aromatic heterocycles. The molecule has 4 rings (SSSR count). The van der Waals surface area contributed by atoms with Crippen molar-refractivity contribution in [1.29, 1.82) is 0 Å². The number of amides is 7. The van der Waals surface area contributed by atoms with Gasteiger partial charge in [-0.2, -0.15) is 0 Å². The van der Waals surface area contributed by atoms with E-state index in [0.29, 0.717) is 31.8 Å². The molecule has 63 heavy (non-hydrogen) atoms. The first-order valence-electron chi connectivity index (χ1n) is 21.2. The molecule has 0 bridgehead atoms. The van der Waals surface area contributed by atoms with Crippen molar-refractivity contribution in [3.05, 3.63) is 0 Å². The maximum absolute atomic E-state index is 13.3. The molecule has 13 N–H and O–H groups in total. The van der Waals surface area contributed by atoms with Crippen molar-refractivity contribution in [3.63, 3.8) is 0 Å². The summed E-state index contributed by atoms with van der Waals surface area (Å²) in [6.45, 7) is 4.80. The molecule has 1 aliphatic carbocycles. The third kappa shape index (κ3) is 13.8. The number of carboxylic acid groups (broad SMARTS) is 1. The Morgan fingerprint density at radius 2 is 1.59 bits per heavy atom. The van der Waals surface area contributed by atoms with Gasteiger partial charge in [0.2, 0.25) is 35.4 Å². The molecule has 0 radical (unpaired) electrons. The molecule has 4 aliphatic rings. The molecule has 0 aromatic rings. The molecule has 7 amide bonds. The lowest BCUT2D eigenvalue weighted by Crippen LogP contribution is -2.58. The number of aliphatic hydroxyl groups excluding tert-OH is 1. The second-order valence-electron chi connectivity index (χ2n) is 17.0. The Labute approximate surface area is 364 Å². The number of likely N-dealkylation sites (tertiary alicyclic amines) is 1. The summed E-state index contributed by atoms with van der Waals surface area (Å²) in [7, 11) is 1.54. The van der Waals surface area contributed by atoms with E-state index in [2.05, 4.69) is 45.4 Å². The lowest BCUT2D eigenvalue weighted by Gasteiger charge is -2.42. The molecule has 24 nitrogen and oxygen atoms in total. The van der Waals surface area contributed by atoms with Crippen LogP contribution in [0.3, 0.4) is 0 Å². The van der Waals surface area contributed by atoms with Gasteiger partial charge in [0.15, 0.2) is 5.96 Å². The highest BCUT2D eigenvalue weighted by Crippen LogP contribution is 2.59. The highest BCUT2D eigenvalue weighted by molar-refractivity contribution is 5.97. The van der Waals surface area contributed by atoms with Gasteiger partial charge in [-0.25, -0.2) is 4.79 Å². The van der Waals surface area contributed by atoms with Crippen LogP contribution < -0.4 is 43.8 Å². The monoisotopic (exact) mass is 896 g/mol. The van der Waals surface area contributed by atoms with Gasteiger partial charge >= 0.3 is 12.1 Å². The third-order valence-corrected chi connectivity index (χ3v) is 11.9. The number of hydrogen-bond donors (Lipinski definition) is 10. The van der Waals surface area contributed by atoms with E-state index >= 15 is 0 Å². The number of aliphatic hydroxyl groups is 1. The summed E-state index contributed by atoms with van der Waals surface area (Å²) in [6.07, 6.45) is 0.801. The summed E-state index contributed by atoms with van der Waals surface area (Å²) in [6, 6.07) is -5.59. The van der Waals surface area contributed by atoms with Crippen LogP contribution in [0.15, 0.2) is 4.99 Å². The first kappa shape index (κ1) is 50.3. The lowest BCUT2D eigenvalue weighted by atomic mass is 9.68. The zero-order chi connectivity index (χ0) is 46.6. The summed E-state index contributed by atoms with van der Waals surface area (Å²) < 4.78 is 23.9. The number of methoxy groups -OCH3 is 1. The molecule has 1 spiro atoms. The van der Waals surface area contributed by atoms with Crippen LogP contribution in [0.5, 0.6) is 0 Å². The van der Waals surface area contributed by atoms with E-state index in [1.165, 1.54) is 0 Å². The molecule has 10 atom stereocenters. The number of aliphatic carboxylic acids is 1. The lowest BCUT2D eigenvalue weighted by molar-refractivity contribution is -0.143. The Morgan fingerprint density at radius 3 is 2.17 bits per heavy atom. The number of nitrogens with two attached hydrogens (primary N) is 3. The van der Waals surface area contributed by atoms with Crippen molar-refractivity contribution in [2.45, 2.75) is 132 Å². The summed E-state index contributed by atoms with van der Waals surface area (Å²) in [4.78, 5) is 107. The maximum Gasteiger partial charge on any atom is 0.407 e. The van der Waals surface area contributed by atoms with Gasteiger partial charge in [-0.05, 0) is 64.2 Å². The molecule has 3 saturated heterocycles. The minimum atomic E-state index is -1.77. The molecule has 1 unspecified atom stereocenters. The molecular weight excluding hydrogens is 832 g/mol. The fraction of sp³-hybridized carbons (Fsp3) is 0.769. The quantitative estimate of drug-likeness (QED) is 0.0194. The maximum atomic E-state index is 13.3. The van der Waals surface area contributed by atoms with Crippen molar-refractivity contribution in [3.8, 4) is 0 Å². The van der Waals surface area contributed by atoms with Crippen LogP contribution in [0.1, 0.15) is 78.6 Å². The number of nitrogens with one attached hydrogen (secondary N) is 5. The molecule has 1 saturated carbocycles. The van der Waals surface area contributed by atoms with Crippen LogP contribution in [0.4, 0.5) is 4.79 Å². The predicted octanol–water partition coefficient (Wildman–Crippen LogP) is -3.56. The Balaban J connectivity index is 1.31. The minimum absolute atomic E-state index is 0.0172. The van der Waals surface area contributed by atoms with Crippen LogP contribution in [-0.2, 0) is 52.5 Å². The van der Waals surface area contributed by atoms with Crippen molar-refractivity contribution in [2.24, 2.45) is 34.0 Å². The smallest absolute Gasteiger partial charge is 0.407 e. The van der Waals surface area contributed by atoms with Crippen LogP contribution in [-0.4, -0.2) is 169 Å². The van der Waals surface area contributed by atoms with Crippen LogP contribution >= 0.6 is 0 Å². The number of carboxylic acids is 1. The zero-order valence-electron chi connectivity index (χ0n) is 36.2. The normalized spacial score (nSPS) is 27.3. The van der Waals surface area contributed by atoms with Gasteiger partial charge < -0.3 is 77.8 Å². The number of epoxide rings is 2. The van der Waals surface area contributed by atoms with Crippen molar-refractivity contribution in [2.75, 3.05) is 46.5 Å². The van der Waals surface area contributed by atoms with Gasteiger partial charge in [-0.3, -0.25) is 38.6 Å². The van der Waals surface area contributed by atoms with Crippen LogP contribution in [0, 0.1) is 11.8 Å². The number of ether oxygens (including phenoxy) is 4. The predicted molar refractivity (Wildman–Crippen MR) is 220 cm³/mol. The Kier molecular flexibility index (Phi) is 17.8. The molecule has 3 heterocycles. The second-order valence-corrected chi connectivity index (χ2v) is 17.0. The van der Waals surface area contributed by atoms with Gasteiger partial charge in [-0.1, -0.05) is 13.8 Å². The molecular formula is C39H64N10O14. The SMILES string of the molecule is CO[C@@H]1[C@H](OC(=O)NCC(=O)N[C@@H](CCCN=C(N)N)C(=O)NCC(=O)N[C@@H](CC(=O)O)C(=O)N[C@@H](CO)C(=O)N2CCCC2C(N)=O)CC[C@]2(CO2)[C@H]1[C@@]1(C)O[C@@H]1CCC(C)C. The molecule has 24 heteroatoms. The van der Waals surface area contributed by atoms with Crippen LogP contribution in [0.2, 0.25) is 0 Å². The zero-order valence-corrected chi connectivity index (χ0v) is 36.2. The number of primary amides is 1. The fourth-order valence-corrected chi connectivity index (χ4v) is 8.53. The average Bonchev–Trinajstić information content (AvgIpc) is 4.07. The van der Waals surface area contributed by atoms with E-state index in [4.69, 9.17) is 36.1 Å². The molecule has 3 aliphatic heterocycles. The number of carbonyl (C=O) groups excluding carboxylic acids is 7. The largest absolute Gasteiger partial charge is 0.481 e. The number of rotatable bonds is 24. The van der Waals surface area contributed by atoms with Crippen molar-refractivity contribution >= 4 is 53.5 Å². The van der Waals surface area contributed by atoms with Crippen molar-refractivity contribution in [1.82, 2.24) is 31.5 Å². The van der Waals surface area contributed by atoms with E-state index in [9.17, 15) is 48.6 Å². The second kappa shape index (κ2) is 22.3. The van der Waals surface area contributed by atoms with Gasteiger partial charge in [0, 0.05) is 20.2 Å². The summed E-state index contributed by atoms with van der Waals surface area (Å²) in [5, 5.41) is 30.9. The fourth-order valence-electron chi connectivity index (χ4n) is 8.53. The van der Waals surface area contributed by atoms with Crippen molar-refractivity contribution < 1.29 is 67.5 Å². The highest BCUT2D eigenvalue weighted by Gasteiger charge is 2.72. The van der Waals surface area contributed by atoms with E-state index in [0.717, 1.165) is 17.7 Å². The first-order chi connectivity index (χ1) is 29.7. The van der Waals surface area contributed by atoms with Gasteiger partial charge in [0.05, 0.1) is 38.2 Å². The number of aliphatic imine (C=N–C) groups is 1. The van der Waals surface area contributed by atoms with Crippen LogP contribution in [0.25, 0.3) is 0 Å². The number of nitrogens with zero attached hydrogens (tertiary/aromatic N) is 2. The summed E-state index contributed by atoms with van der Waals surface area (Å²) in [5.74, 6) is -6.82. The Hall–Kier alpha value is -5.33. The number of carbonyl (C=O) groups is 8. The van der Waals surface area contributed by atoms with E-state index in [1.54, 1.807) is 7.11 Å². The average molecular weight is 897 g/mol. The summed E-state index contributed by atoms with van der Waals surface area (Å²) >= 11 is 0. The van der Waals surface area contributed by atoms with Gasteiger partial charge in [-0.15, -0.1) is 0 Å². The third-order valence-electron chi connectivity index (χ3n) is 11.9. The minimum Gasteiger partial charge on any atom is -0.481 e. The van der Waals surface area contributed by atoms with E-state index in [1.807, 2.05) is 6.92 Å². The summed E-state index contributed by atoms with van der Waals surface area (Å²) in [5.41, 5.74) is 15.2. The Morgan fingerprint density at radius 1 is 0.921 bits per heavy atom. The number of hydrogen-bond acceptors (Lipinski definition) is 14. The standard InChI is InChI=1S/C39H64N10O14/c1-20(2)9-10-26-38(3,63-26)31-30(60-4)25(11-12-39(31)19-61-39)62-37(59)45-17-28(52)46-21(7-5-13-43-36(41)42)33(56)44-16-27(51)47-22(15-29(53)54)34(57)48-23(18-50)35(58)49-14-6-8-24(49)32(40)55/h20-26,30-31,50H,5-19H2,1-4H3,(H2,40,55)(H,44,56)(H,45,59)(H,46,52)(H,47,51)(H,48,57)(H,53,54)(H4,41,42,43)/t21-,22-,23-,24?,25+,26+,30+,31+,38-,39-/m0/s1. The molecule has 4 fully saturated rings. The number of alkyl carbamates (subject to hydrolysis) is 1. The molecule has 354 valence electrons. The first-order valence-corrected chi connectivity index (χ1v) is 21.2. The van der Waals surface area contributed by atoms with Gasteiger partial charge in [0.1, 0.15) is 54.1 Å². The topological polar surface area (TPSA) is 374 Å². The Bertz CT molecular complexity index is 1730. The number of guanidine groups is 1.